The predicted molar refractivity (Wildman–Crippen MR) is 163 cm³/mol. The highest BCUT2D eigenvalue weighted by Crippen LogP contribution is 2.32. The van der Waals surface area contributed by atoms with E-state index in [4.69, 9.17) is 0 Å². The van der Waals surface area contributed by atoms with Gasteiger partial charge < -0.3 is 21.3 Å². The molecule has 0 atom stereocenters. The Kier molecular flexibility index (Phi) is 10.6. The van der Waals surface area contributed by atoms with Gasteiger partial charge in [-0.2, -0.15) is 26.3 Å². The molecule has 0 aromatic heterocycles. The molecule has 14 heteroatoms. The number of anilines is 4. The van der Waals surface area contributed by atoms with Crippen molar-refractivity contribution in [2.45, 2.75) is 31.6 Å². The third-order valence-electron chi connectivity index (χ3n) is 6.52. The van der Waals surface area contributed by atoms with Crippen LogP contribution in [0.4, 0.5) is 49.1 Å². The first-order valence-corrected chi connectivity index (χ1v) is 13.9. The zero-order valence-electron chi connectivity index (χ0n) is 24.3. The number of hydrogen-bond acceptors (Lipinski definition) is 4. The standard InChI is InChI=1S/C33H26F6N4O4/c34-32(35,36)22-8-3-12-26(18-22)42-30(46)20-6-1-10-24(16-20)40-28(44)14-5-15-29(45)41-25-11-2-7-21(17-25)31(47)43-27-13-4-9-23(19-27)33(37,38)39/h1-4,6-13,16-19H,5,14-15H2,(H,40,44)(H,41,45)(H,42,46)(H,43,47). The number of amides is 4. The van der Waals surface area contributed by atoms with Crippen LogP contribution in [0, 0.1) is 0 Å². The SMILES string of the molecule is O=C(CCCC(=O)Nc1cccc(C(=O)Nc2cccc(C(F)(F)F)c2)c1)Nc1cccc(C(=O)Nc2cccc(C(F)(F)F)c2)c1. The van der Waals surface area contributed by atoms with Crippen LogP contribution < -0.4 is 21.3 Å². The van der Waals surface area contributed by atoms with Crippen molar-refractivity contribution in [3.05, 3.63) is 119 Å². The van der Waals surface area contributed by atoms with E-state index in [-0.39, 0.29) is 53.1 Å². The minimum absolute atomic E-state index is 0.0531. The van der Waals surface area contributed by atoms with Crippen LogP contribution in [0.2, 0.25) is 0 Å². The fraction of sp³-hybridized carbons (Fsp3) is 0.152. The highest BCUT2D eigenvalue weighted by Gasteiger charge is 2.31. The quantitative estimate of drug-likeness (QED) is 0.130. The first-order valence-electron chi connectivity index (χ1n) is 13.9. The van der Waals surface area contributed by atoms with Crippen LogP contribution in [0.25, 0.3) is 0 Å². The third kappa shape index (κ3) is 10.2. The molecule has 0 heterocycles. The molecule has 244 valence electrons. The van der Waals surface area contributed by atoms with Gasteiger partial charge in [0, 0.05) is 46.7 Å². The fourth-order valence-corrected chi connectivity index (χ4v) is 4.29. The van der Waals surface area contributed by atoms with E-state index in [9.17, 15) is 45.5 Å². The summed E-state index contributed by atoms with van der Waals surface area (Å²) in [7, 11) is 0. The van der Waals surface area contributed by atoms with E-state index in [0.717, 1.165) is 24.3 Å². The van der Waals surface area contributed by atoms with Crippen molar-refractivity contribution < 1.29 is 45.5 Å². The van der Waals surface area contributed by atoms with E-state index in [1.165, 1.54) is 72.8 Å². The second-order valence-corrected chi connectivity index (χ2v) is 10.2. The zero-order chi connectivity index (χ0) is 34.2. The molecule has 0 aliphatic carbocycles. The lowest BCUT2D eigenvalue weighted by molar-refractivity contribution is -0.138. The van der Waals surface area contributed by atoms with Crippen LogP contribution in [0.3, 0.4) is 0 Å². The van der Waals surface area contributed by atoms with Gasteiger partial charge in [0.15, 0.2) is 0 Å². The van der Waals surface area contributed by atoms with Gasteiger partial charge in [-0.3, -0.25) is 19.2 Å². The van der Waals surface area contributed by atoms with Crippen molar-refractivity contribution in [2.24, 2.45) is 0 Å². The molecule has 4 aromatic rings. The van der Waals surface area contributed by atoms with E-state index in [1.807, 2.05) is 0 Å². The van der Waals surface area contributed by atoms with E-state index in [1.54, 1.807) is 0 Å². The Bertz CT molecular complexity index is 1660. The molecule has 0 radical (unpaired) electrons. The van der Waals surface area contributed by atoms with Crippen LogP contribution in [-0.2, 0) is 21.9 Å². The normalized spacial score (nSPS) is 11.4. The second kappa shape index (κ2) is 14.6. The summed E-state index contributed by atoms with van der Waals surface area (Å²) in [6.07, 6.45) is -9.13. The molecule has 47 heavy (non-hydrogen) atoms. The highest BCUT2D eigenvalue weighted by atomic mass is 19.4. The molecule has 0 fully saturated rings. The summed E-state index contributed by atoms with van der Waals surface area (Å²) in [6, 6.07) is 19.9. The van der Waals surface area contributed by atoms with Gasteiger partial charge >= 0.3 is 12.4 Å². The molecule has 4 rings (SSSR count). The molecule has 4 amide bonds. The topological polar surface area (TPSA) is 116 Å². The van der Waals surface area contributed by atoms with E-state index in [0.29, 0.717) is 0 Å². The first-order chi connectivity index (χ1) is 22.2. The molecule has 0 saturated carbocycles. The van der Waals surface area contributed by atoms with Gasteiger partial charge in [-0.15, -0.1) is 0 Å². The monoisotopic (exact) mass is 656 g/mol. The van der Waals surface area contributed by atoms with Gasteiger partial charge in [0.1, 0.15) is 0 Å². The summed E-state index contributed by atoms with van der Waals surface area (Å²) < 4.78 is 77.8. The molecule has 0 aliphatic rings. The fourth-order valence-electron chi connectivity index (χ4n) is 4.29. The van der Waals surface area contributed by atoms with Gasteiger partial charge in [0.2, 0.25) is 11.8 Å². The maximum atomic E-state index is 13.0. The van der Waals surface area contributed by atoms with Gasteiger partial charge in [-0.05, 0) is 79.2 Å². The number of hydrogen-bond donors (Lipinski definition) is 4. The zero-order valence-corrected chi connectivity index (χ0v) is 24.3. The maximum absolute atomic E-state index is 13.0. The lowest BCUT2D eigenvalue weighted by Crippen LogP contribution is -2.16. The van der Waals surface area contributed by atoms with Crippen molar-refractivity contribution in [1.82, 2.24) is 0 Å². The number of nitrogens with one attached hydrogen (secondary N) is 4. The number of carbonyl (C=O) groups excluding carboxylic acids is 4. The van der Waals surface area contributed by atoms with Crippen LogP contribution in [-0.4, -0.2) is 23.6 Å². The van der Waals surface area contributed by atoms with Gasteiger partial charge in [0.25, 0.3) is 11.8 Å². The Balaban J connectivity index is 1.24. The molecule has 4 N–H and O–H groups in total. The Labute approximate surface area is 264 Å². The van der Waals surface area contributed by atoms with Gasteiger partial charge in [-0.25, -0.2) is 0 Å². The molecule has 0 spiro atoms. The second-order valence-electron chi connectivity index (χ2n) is 10.2. The molecule has 0 unspecified atom stereocenters. The molecule has 0 aliphatic heterocycles. The Morgan fingerprint density at radius 2 is 0.809 bits per heavy atom. The average molecular weight is 657 g/mol. The average Bonchev–Trinajstić information content (AvgIpc) is 3.01. The van der Waals surface area contributed by atoms with Crippen molar-refractivity contribution in [3.8, 4) is 0 Å². The maximum Gasteiger partial charge on any atom is 0.416 e. The van der Waals surface area contributed by atoms with Crippen LogP contribution in [0.1, 0.15) is 51.1 Å². The lowest BCUT2D eigenvalue weighted by atomic mass is 10.1. The number of carbonyl (C=O) groups is 4. The Hall–Kier alpha value is -5.66. The van der Waals surface area contributed by atoms with Crippen LogP contribution in [0.15, 0.2) is 97.1 Å². The number of benzene rings is 4. The molecule has 8 nitrogen and oxygen atoms in total. The van der Waals surface area contributed by atoms with Gasteiger partial charge in [0.05, 0.1) is 11.1 Å². The molecule has 0 saturated heterocycles. The minimum Gasteiger partial charge on any atom is -0.326 e. The molecule has 4 aromatic carbocycles. The Morgan fingerprint density at radius 1 is 0.468 bits per heavy atom. The summed E-state index contributed by atoms with van der Waals surface area (Å²) in [5.41, 5.74) is -1.24. The number of alkyl halides is 6. The third-order valence-corrected chi connectivity index (χ3v) is 6.52. The minimum atomic E-state index is -4.57. The van der Waals surface area contributed by atoms with Crippen LogP contribution in [0.5, 0.6) is 0 Å². The van der Waals surface area contributed by atoms with Crippen LogP contribution >= 0.6 is 0 Å². The lowest BCUT2D eigenvalue weighted by Gasteiger charge is -2.11. The molecule has 0 bridgehead atoms. The largest absolute Gasteiger partial charge is 0.416 e. The predicted octanol–water partition coefficient (Wildman–Crippen LogP) is 7.98. The molecular formula is C33H26F6N4O4. The van der Waals surface area contributed by atoms with E-state index in [2.05, 4.69) is 21.3 Å². The summed E-state index contributed by atoms with van der Waals surface area (Å²) >= 11 is 0. The first kappa shape index (κ1) is 34.2. The van der Waals surface area contributed by atoms with Crippen molar-refractivity contribution in [3.63, 3.8) is 0 Å². The van der Waals surface area contributed by atoms with E-state index >= 15 is 0 Å². The summed E-state index contributed by atoms with van der Waals surface area (Å²) in [5, 5.41) is 9.98. The highest BCUT2D eigenvalue weighted by molar-refractivity contribution is 6.06. The summed E-state index contributed by atoms with van der Waals surface area (Å²) in [5.74, 6) is -2.29. The van der Waals surface area contributed by atoms with Crippen molar-refractivity contribution in [1.29, 1.82) is 0 Å². The number of halogens is 6. The van der Waals surface area contributed by atoms with Crippen molar-refractivity contribution >= 4 is 46.4 Å². The Morgan fingerprint density at radius 3 is 1.17 bits per heavy atom. The van der Waals surface area contributed by atoms with E-state index < -0.39 is 47.1 Å². The van der Waals surface area contributed by atoms with Gasteiger partial charge in [-0.1, -0.05) is 24.3 Å². The number of rotatable bonds is 10. The summed E-state index contributed by atoms with van der Waals surface area (Å²) in [6.45, 7) is 0. The molecular weight excluding hydrogens is 630 g/mol. The van der Waals surface area contributed by atoms with Crippen molar-refractivity contribution in [2.75, 3.05) is 21.3 Å². The summed E-state index contributed by atoms with van der Waals surface area (Å²) in [4.78, 5) is 50.1. The smallest absolute Gasteiger partial charge is 0.326 e.